The quantitative estimate of drug-likeness (QED) is 0.304. The van der Waals surface area contributed by atoms with Gasteiger partial charge in [-0.25, -0.2) is 4.79 Å². The first-order chi connectivity index (χ1) is 14.0. The Hall–Kier alpha value is -3.50. The Kier molecular flexibility index (Phi) is 8.90. The molecule has 0 saturated carbocycles. The topological polar surface area (TPSA) is 183 Å². The fourth-order valence-corrected chi connectivity index (χ4v) is 2.65. The molecule has 0 heterocycles. The first-order valence-electron chi connectivity index (χ1n) is 9.15. The van der Waals surface area contributed by atoms with Gasteiger partial charge in [0.15, 0.2) is 11.5 Å². The lowest BCUT2D eigenvalue weighted by atomic mass is 10.0. The summed E-state index contributed by atoms with van der Waals surface area (Å²) in [5, 5.41) is 14.2. The van der Waals surface area contributed by atoms with Crippen molar-refractivity contribution in [2.45, 2.75) is 38.8 Å². The predicted octanol–water partition coefficient (Wildman–Crippen LogP) is -0.125. The zero-order chi connectivity index (χ0) is 23.0. The normalized spacial score (nSPS) is 12.6. The second kappa shape index (κ2) is 10.9. The number of hydrogen-bond donors (Lipinski definition) is 5. The van der Waals surface area contributed by atoms with E-state index >= 15 is 0 Å². The largest absolute Gasteiger partial charge is 0.493 e. The molecule has 1 rings (SSSR count). The van der Waals surface area contributed by atoms with Crippen LogP contribution < -0.4 is 31.6 Å². The molecule has 0 aromatic heterocycles. The standard InChI is InChI=1S/C19H28N4O7/c1-9(2)16(18(26)22-12(19(27)28)5-6-15(21)24)23-17(25)10-7-13(29-3)14(30-4)8-11(10)20/h7-9,12,16H,5-6,20H2,1-4H3,(H2,21,24)(H,22,26)(H,23,25)(H,27,28)/t12-,16-/m0/s1. The Morgan fingerprint density at radius 2 is 1.63 bits per heavy atom. The van der Waals surface area contributed by atoms with Gasteiger partial charge in [0, 0.05) is 18.2 Å². The van der Waals surface area contributed by atoms with Crippen molar-refractivity contribution >= 4 is 29.4 Å². The van der Waals surface area contributed by atoms with Gasteiger partial charge in [-0.05, 0) is 18.4 Å². The van der Waals surface area contributed by atoms with Crippen LogP contribution in [0.3, 0.4) is 0 Å². The predicted molar refractivity (Wildman–Crippen MR) is 108 cm³/mol. The summed E-state index contributed by atoms with van der Waals surface area (Å²) in [6.45, 7) is 3.36. The van der Waals surface area contributed by atoms with E-state index < -0.39 is 35.8 Å². The second-order valence-electron chi connectivity index (χ2n) is 6.89. The highest BCUT2D eigenvalue weighted by atomic mass is 16.5. The number of primary amides is 1. The molecule has 0 unspecified atom stereocenters. The SMILES string of the molecule is COc1cc(N)c(C(=O)N[C@H](C(=O)N[C@@H](CCC(N)=O)C(=O)O)C(C)C)cc1OC. The van der Waals surface area contributed by atoms with Gasteiger partial charge < -0.3 is 36.7 Å². The van der Waals surface area contributed by atoms with Crippen LogP contribution in [0, 0.1) is 5.92 Å². The number of carboxylic acids is 1. The van der Waals surface area contributed by atoms with Crippen LogP contribution in [-0.2, 0) is 14.4 Å². The van der Waals surface area contributed by atoms with Crippen LogP contribution in [0.4, 0.5) is 5.69 Å². The first kappa shape index (κ1) is 24.5. The molecule has 0 spiro atoms. The maximum absolute atomic E-state index is 12.7. The van der Waals surface area contributed by atoms with Gasteiger partial charge in [-0.1, -0.05) is 13.8 Å². The molecule has 3 amide bonds. The molecule has 7 N–H and O–H groups in total. The van der Waals surface area contributed by atoms with Crippen molar-refractivity contribution in [2.24, 2.45) is 11.7 Å². The number of rotatable bonds is 11. The van der Waals surface area contributed by atoms with Gasteiger partial charge in [-0.15, -0.1) is 0 Å². The monoisotopic (exact) mass is 424 g/mol. The molecule has 0 radical (unpaired) electrons. The molecule has 166 valence electrons. The summed E-state index contributed by atoms with van der Waals surface area (Å²) in [5.74, 6) is -3.12. The minimum atomic E-state index is -1.32. The summed E-state index contributed by atoms with van der Waals surface area (Å²) >= 11 is 0. The van der Waals surface area contributed by atoms with Gasteiger partial charge >= 0.3 is 5.97 Å². The molecule has 30 heavy (non-hydrogen) atoms. The van der Waals surface area contributed by atoms with E-state index in [0.717, 1.165) is 0 Å². The summed E-state index contributed by atoms with van der Waals surface area (Å²) in [7, 11) is 2.82. The molecule has 0 bridgehead atoms. The third kappa shape index (κ3) is 6.54. The van der Waals surface area contributed by atoms with Crippen molar-refractivity contribution in [3.63, 3.8) is 0 Å². The molecule has 0 aliphatic carbocycles. The number of amides is 3. The van der Waals surface area contributed by atoms with Crippen LogP contribution in [0.1, 0.15) is 37.0 Å². The van der Waals surface area contributed by atoms with Gasteiger partial charge in [0.1, 0.15) is 12.1 Å². The van der Waals surface area contributed by atoms with Gasteiger partial charge in [0.25, 0.3) is 5.91 Å². The van der Waals surface area contributed by atoms with Gasteiger partial charge in [0.2, 0.25) is 11.8 Å². The Balaban J connectivity index is 3.03. The lowest BCUT2D eigenvalue weighted by Crippen LogP contribution is -2.53. The molecule has 0 aliphatic rings. The smallest absolute Gasteiger partial charge is 0.326 e. The minimum absolute atomic E-state index is 0.0645. The molecule has 1 aromatic rings. The minimum Gasteiger partial charge on any atom is -0.493 e. The number of aliphatic carboxylic acids is 1. The summed E-state index contributed by atoms with van der Waals surface area (Å²) < 4.78 is 10.3. The highest BCUT2D eigenvalue weighted by molar-refractivity contribution is 6.02. The third-order valence-electron chi connectivity index (χ3n) is 4.33. The molecule has 0 fully saturated rings. The molecule has 0 aliphatic heterocycles. The summed E-state index contributed by atoms with van der Waals surface area (Å²) in [4.78, 5) is 47.7. The number of benzene rings is 1. The number of hydrogen-bond acceptors (Lipinski definition) is 7. The maximum atomic E-state index is 12.7. The van der Waals surface area contributed by atoms with E-state index in [1.807, 2.05) is 0 Å². The highest BCUT2D eigenvalue weighted by Crippen LogP contribution is 2.31. The van der Waals surface area contributed by atoms with Crippen LogP contribution in [-0.4, -0.2) is 55.1 Å². The molecule has 11 nitrogen and oxygen atoms in total. The summed E-state index contributed by atoms with van der Waals surface area (Å²) in [6, 6.07) is 0.420. The lowest BCUT2D eigenvalue weighted by Gasteiger charge is -2.24. The Morgan fingerprint density at radius 1 is 1.07 bits per heavy atom. The zero-order valence-corrected chi connectivity index (χ0v) is 17.4. The number of carbonyl (C=O) groups is 4. The van der Waals surface area contributed by atoms with E-state index in [1.54, 1.807) is 13.8 Å². The lowest BCUT2D eigenvalue weighted by molar-refractivity contribution is -0.142. The Morgan fingerprint density at radius 3 is 2.10 bits per heavy atom. The fourth-order valence-electron chi connectivity index (χ4n) is 2.65. The molecule has 2 atom stereocenters. The molecule has 1 aromatic carbocycles. The fraction of sp³-hybridized carbons (Fsp3) is 0.474. The number of methoxy groups -OCH3 is 2. The molecular formula is C19H28N4O7. The van der Waals surface area contributed by atoms with Crippen molar-refractivity contribution in [3.8, 4) is 11.5 Å². The van der Waals surface area contributed by atoms with Crippen molar-refractivity contribution in [2.75, 3.05) is 20.0 Å². The maximum Gasteiger partial charge on any atom is 0.326 e. The van der Waals surface area contributed by atoms with Crippen molar-refractivity contribution in [1.29, 1.82) is 0 Å². The van der Waals surface area contributed by atoms with E-state index in [2.05, 4.69) is 10.6 Å². The van der Waals surface area contributed by atoms with Gasteiger partial charge in [0.05, 0.1) is 19.8 Å². The average Bonchev–Trinajstić information content (AvgIpc) is 2.67. The number of carboxylic acid groups (broad SMARTS) is 1. The van der Waals surface area contributed by atoms with Crippen LogP contribution in [0.25, 0.3) is 0 Å². The number of ether oxygens (including phenoxy) is 2. The number of nitrogens with two attached hydrogens (primary N) is 2. The van der Waals surface area contributed by atoms with Gasteiger partial charge in [-0.3, -0.25) is 14.4 Å². The van der Waals surface area contributed by atoms with Crippen LogP contribution in [0.2, 0.25) is 0 Å². The number of carbonyl (C=O) groups excluding carboxylic acids is 3. The summed E-state index contributed by atoms with van der Waals surface area (Å²) in [5.41, 5.74) is 11.1. The third-order valence-corrected chi connectivity index (χ3v) is 4.33. The van der Waals surface area contributed by atoms with Crippen LogP contribution in [0.15, 0.2) is 12.1 Å². The number of nitrogens with one attached hydrogen (secondary N) is 2. The number of anilines is 1. The van der Waals surface area contributed by atoms with Crippen molar-refractivity contribution in [3.05, 3.63) is 17.7 Å². The average molecular weight is 424 g/mol. The van der Waals surface area contributed by atoms with Crippen LogP contribution in [0.5, 0.6) is 11.5 Å². The molecule has 11 heteroatoms. The van der Waals surface area contributed by atoms with Gasteiger partial charge in [-0.2, -0.15) is 0 Å². The Labute approximate surface area is 174 Å². The Bertz CT molecular complexity index is 810. The molecular weight excluding hydrogens is 396 g/mol. The van der Waals surface area contributed by atoms with E-state index in [9.17, 15) is 24.3 Å². The zero-order valence-electron chi connectivity index (χ0n) is 17.4. The summed E-state index contributed by atoms with van der Waals surface area (Å²) in [6.07, 6.45) is -0.379. The van der Waals surface area contributed by atoms with E-state index in [4.69, 9.17) is 20.9 Å². The van der Waals surface area contributed by atoms with E-state index in [0.29, 0.717) is 5.75 Å². The van der Waals surface area contributed by atoms with Crippen molar-refractivity contribution in [1.82, 2.24) is 10.6 Å². The van der Waals surface area contributed by atoms with E-state index in [1.165, 1.54) is 26.4 Å². The van der Waals surface area contributed by atoms with E-state index in [-0.39, 0.29) is 35.8 Å². The first-order valence-corrected chi connectivity index (χ1v) is 9.15. The second-order valence-corrected chi connectivity index (χ2v) is 6.89. The number of nitrogen functional groups attached to an aromatic ring is 1. The van der Waals surface area contributed by atoms with Crippen molar-refractivity contribution < 1.29 is 33.8 Å². The molecule has 0 saturated heterocycles. The van der Waals surface area contributed by atoms with Crippen LogP contribution >= 0.6 is 0 Å². The highest BCUT2D eigenvalue weighted by Gasteiger charge is 2.29.